The van der Waals surface area contributed by atoms with Gasteiger partial charge in [-0.05, 0) is 42.4 Å². The lowest BCUT2D eigenvalue weighted by Crippen LogP contribution is -2.27. The van der Waals surface area contributed by atoms with Gasteiger partial charge >= 0.3 is 0 Å². The first-order valence-corrected chi connectivity index (χ1v) is 10.5. The van der Waals surface area contributed by atoms with Crippen LogP contribution < -0.4 is 4.74 Å². The smallest absolute Gasteiger partial charge is 0.193 e. The third-order valence-corrected chi connectivity index (χ3v) is 5.13. The molecule has 0 heterocycles. The number of rotatable bonds is 10. The van der Waals surface area contributed by atoms with Crippen LogP contribution in [0.2, 0.25) is 0 Å². The molecule has 0 spiro atoms. The van der Waals surface area contributed by atoms with Gasteiger partial charge in [-0.3, -0.25) is 4.79 Å². The van der Waals surface area contributed by atoms with Crippen molar-refractivity contribution in [2.24, 2.45) is 0 Å². The van der Waals surface area contributed by atoms with Gasteiger partial charge in [-0.1, -0.05) is 86.6 Å². The van der Waals surface area contributed by atoms with E-state index in [0.717, 1.165) is 36.5 Å². The Morgan fingerprint density at radius 2 is 1.37 bits per heavy atom. The summed E-state index contributed by atoms with van der Waals surface area (Å²) in [5, 5.41) is 0. The molecule has 0 N–H and O–H groups in total. The largest absolute Gasteiger partial charge is 0.492 e. The van der Waals surface area contributed by atoms with E-state index in [2.05, 4.69) is 18.7 Å². The number of allylic oxidation sites excluding steroid dienone is 1. The zero-order chi connectivity index (χ0) is 21.2. The summed E-state index contributed by atoms with van der Waals surface area (Å²) < 4.78 is 5.87. The first-order valence-electron chi connectivity index (χ1n) is 10.5. The van der Waals surface area contributed by atoms with Crippen LogP contribution in [-0.2, 0) is 0 Å². The number of Topliss-reactive ketones (excluding diaryl/α,β-unsaturated/α-hetero) is 1. The molecule has 30 heavy (non-hydrogen) atoms. The van der Waals surface area contributed by atoms with E-state index < -0.39 is 0 Å². The topological polar surface area (TPSA) is 29.5 Å². The Morgan fingerprint density at radius 3 is 1.93 bits per heavy atom. The fourth-order valence-electron chi connectivity index (χ4n) is 3.30. The number of ether oxygens (including phenoxy) is 1. The van der Waals surface area contributed by atoms with Crippen molar-refractivity contribution in [2.45, 2.75) is 13.8 Å². The average Bonchev–Trinajstić information content (AvgIpc) is 2.82. The van der Waals surface area contributed by atoms with Gasteiger partial charge in [0.25, 0.3) is 0 Å². The molecule has 0 amide bonds. The van der Waals surface area contributed by atoms with Crippen molar-refractivity contribution in [3.8, 4) is 5.75 Å². The van der Waals surface area contributed by atoms with Gasteiger partial charge in [-0.2, -0.15) is 0 Å². The maximum Gasteiger partial charge on any atom is 0.193 e. The maximum atomic E-state index is 13.2. The summed E-state index contributed by atoms with van der Waals surface area (Å²) in [6.07, 6.45) is 1.95. The molecule has 0 aliphatic carbocycles. The van der Waals surface area contributed by atoms with Gasteiger partial charge in [0.1, 0.15) is 12.4 Å². The molecule has 0 atom stereocenters. The Balaban J connectivity index is 1.79. The van der Waals surface area contributed by atoms with Gasteiger partial charge < -0.3 is 9.64 Å². The number of benzene rings is 3. The summed E-state index contributed by atoms with van der Waals surface area (Å²) in [5.74, 6) is 0.858. The highest BCUT2D eigenvalue weighted by Gasteiger charge is 2.14. The molecule has 3 nitrogen and oxygen atoms in total. The lowest BCUT2D eigenvalue weighted by atomic mass is 9.95. The lowest BCUT2D eigenvalue weighted by molar-refractivity contribution is 0.105. The minimum atomic E-state index is 0.0151. The number of nitrogens with zero attached hydrogens (tertiary/aromatic N) is 1. The zero-order valence-corrected chi connectivity index (χ0v) is 17.8. The van der Waals surface area contributed by atoms with E-state index in [1.165, 1.54) is 0 Å². The highest BCUT2D eigenvalue weighted by molar-refractivity contribution is 6.32. The Kier molecular flexibility index (Phi) is 7.99. The van der Waals surface area contributed by atoms with Gasteiger partial charge in [-0.25, -0.2) is 0 Å². The maximum absolute atomic E-state index is 13.2. The average molecular weight is 400 g/mol. The van der Waals surface area contributed by atoms with Crippen molar-refractivity contribution in [3.05, 3.63) is 102 Å². The van der Waals surface area contributed by atoms with E-state index >= 15 is 0 Å². The minimum absolute atomic E-state index is 0.0151. The van der Waals surface area contributed by atoms with Crippen LogP contribution in [0, 0.1) is 0 Å². The number of hydrogen-bond acceptors (Lipinski definition) is 3. The summed E-state index contributed by atoms with van der Waals surface area (Å²) in [6, 6.07) is 27.1. The highest BCUT2D eigenvalue weighted by atomic mass is 16.5. The van der Waals surface area contributed by atoms with Gasteiger partial charge in [-0.15, -0.1) is 0 Å². The predicted molar refractivity (Wildman–Crippen MR) is 125 cm³/mol. The summed E-state index contributed by atoms with van der Waals surface area (Å²) in [5.41, 5.74) is 3.24. The van der Waals surface area contributed by atoms with Crippen LogP contribution >= 0.6 is 0 Å². The Bertz CT molecular complexity index is 943. The Morgan fingerprint density at radius 1 is 0.800 bits per heavy atom. The van der Waals surface area contributed by atoms with Crippen molar-refractivity contribution in [1.29, 1.82) is 0 Å². The van der Waals surface area contributed by atoms with Crippen LogP contribution in [0.15, 0.2) is 84.9 Å². The number of hydrogen-bond donors (Lipinski definition) is 0. The second kappa shape index (κ2) is 11.1. The van der Waals surface area contributed by atoms with Crippen molar-refractivity contribution in [3.63, 3.8) is 0 Å². The van der Waals surface area contributed by atoms with E-state index in [0.29, 0.717) is 17.7 Å². The van der Waals surface area contributed by atoms with E-state index in [1.807, 2.05) is 91.0 Å². The monoisotopic (exact) mass is 399 g/mol. The number of carbonyl (C=O) groups excluding carboxylic acids is 1. The van der Waals surface area contributed by atoms with Gasteiger partial charge in [0.2, 0.25) is 0 Å². The quantitative estimate of drug-likeness (QED) is 0.244. The molecule has 3 heteroatoms. The van der Waals surface area contributed by atoms with Crippen LogP contribution in [0.1, 0.15) is 35.3 Å². The van der Waals surface area contributed by atoms with Crippen molar-refractivity contribution >= 4 is 17.4 Å². The molecule has 0 aromatic heterocycles. The number of likely N-dealkylation sites (N-methyl/N-ethyl adjacent to an activating group) is 1. The fourth-order valence-corrected chi connectivity index (χ4v) is 3.30. The first-order chi connectivity index (χ1) is 14.7. The summed E-state index contributed by atoms with van der Waals surface area (Å²) in [6.45, 7) is 7.96. The third-order valence-electron chi connectivity index (χ3n) is 5.13. The summed E-state index contributed by atoms with van der Waals surface area (Å²) >= 11 is 0. The van der Waals surface area contributed by atoms with Crippen LogP contribution in [0.5, 0.6) is 5.75 Å². The van der Waals surface area contributed by atoms with E-state index in [9.17, 15) is 4.79 Å². The standard InChI is InChI=1S/C27H29NO2/c1-3-28(4-2)19-20-30-25-17-15-22(16-18-25)21-26(23-11-7-5-8-12-23)27(29)24-13-9-6-10-14-24/h5-18,21H,3-4,19-20H2,1-2H3/b26-21+. The molecule has 154 valence electrons. The zero-order valence-electron chi connectivity index (χ0n) is 17.8. The van der Waals surface area contributed by atoms with Crippen LogP contribution in [-0.4, -0.2) is 36.9 Å². The molecule has 0 unspecified atom stereocenters. The number of ketones is 1. The van der Waals surface area contributed by atoms with Crippen molar-refractivity contribution < 1.29 is 9.53 Å². The molecule has 0 bridgehead atoms. The second-order valence-corrected chi connectivity index (χ2v) is 7.06. The second-order valence-electron chi connectivity index (χ2n) is 7.06. The highest BCUT2D eigenvalue weighted by Crippen LogP contribution is 2.24. The first kappa shape index (κ1) is 21.5. The van der Waals surface area contributed by atoms with Crippen molar-refractivity contribution in [1.82, 2.24) is 4.90 Å². The normalized spacial score (nSPS) is 11.5. The molecule has 3 aromatic carbocycles. The molecular formula is C27H29NO2. The van der Waals surface area contributed by atoms with E-state index in [4.69, 9.17) is 4.74 Å². The molecule has 0 fully saturated rings. The SMILES string of the molecule is CCN(CC)CCOc1ccc(/C=C(/C(=O)c2ccccc2)c2ccccc2)cc1. The van der Waals surface area contributed by atoms with Crippen molar-refractivity contribution in [2.75, 3.05) is 26.2 Å². The fraction of sp³-hybridized carbons (Fsp3) is 0.222. The van der Waals surface area contributed by atoms with Gasteiger partial charge in [0, 0.05) is 17.7 Å². The summed E-state index contributed by atoms with van der Waals surface area (Å²) in [4.78, 5) is 15.5. The Labute approximate surface area is 179 Å². The molecule has 0 aliphatic rings. The molecule has 0 aliphatic heterocycles. The third kappa shape index (κ3) is 5.91. The molecule has 0 saturated heterocycles. The van der Waals surface area contributed by atoms with Gasteiger partial charge in [0.15, 0.2) is 5.78 Å². The van der Waals surface area contributed by atoms with Crippen LogP contribution in [0.25, 0.3) is 11.6 Å². The molecule has 0 saturated carbocycles. The number of carbonyl (C=O) groups is 1. The van der Waals surface area contributed by atoms with Crippen LogP contribution in [0.3, 0.4) is 0 Å². The molecule has 3 aromatic rings. The predicted octanol–water partition coefficient (Wildman–Crippen LogP) is 5.83. The Hall–Kier alpha value is -3.17. The molecule has 0 radical (unpaired) electrons. The van der Waals surface area contributed by atoms with E-state index in [1.54, 1.807) is 0 Å². The molecule has 3 rings (SSSR count). The summed E-state index contributed by atoms with van der Waals surface area (Å²) in [7, 11) is 0. The lowest BCUT2D eigenvalue weighted by Gasteiger charge is -2.18. The van der Waals surface area contributed by atoms with Gasteiger partial charge in [0.05, 0.1) is 0 Å². The van der Waals surface area contributed by atoms with E-state index in [-0.39, 0.29) is 5.78 Å². The molecular weight excluding hydrogens is 370 g/mol. The minimum Gasteiger partial charge on any atom is -0.492 e. The van der Waals surface area contributed by atoms with Crippen LogP contribution in [0.4, 0.5) is 0 Å².